The first-order chi connectivity index (χ1) is 7.86. The van der Waals surface area contributed by atoms with Crippen LogP contribution in [-0.2, 0) is 11.2 Å². The summed E-state index contributed by atoms with van der Waals surface area (Å²) >= 11 is 0. The van der Waals surface area contributed by atoms with Crippen LogP contribution < -0.4 is 5.32 Å². The minimum atomic E-state index is -0.346. The maximum Gasteiger partial charge on any atom is 0.0970 e. The quantitative estimate of drug-likeness (QED) is 0.706. The van der Waals surface area contributed by atoms with Crippen molar-refractivity contribution in [3.63, 3.8) is 0 Å². The first-order valence-electron chi connectivity index (χ1n) is 5.75. The van der Waals surface area contributed by atoms with Gasteiger partial charge in [0.05, 0.1) is 12.2 Å². The molecule has 1 aliphatic heterocycles. The van der Waals surface area contributed by atoms with E-state index in [1.807, 2.05) is 12.1 Å². The Kier molecular flexibility index (Phi) is 4.27. The van der Waals surface area contributed by atoms with Crippen LogP contribution >= 0.6 is 0 Å². The van der Waals surface area contributed by atoms with Crippen LogP contribution in [-0.4, -0.2) is 42.0 Å². The van der Waals surface area contributed by atoms with E-state index in [0.29, 0.717) is 13.2 Å². The number of aliphatic hydroxyl groups excluding tert-OH is 1. The van der Waals surface area contributed by atoms with Crippen LogP contribution in [0.3, 0.4) is 0 Å². The third kappa shape index (κ3) is 3.27. The van der Waals surface area contributed by atoms with Crippen LogP contribution in [0.2, 0.25) is 0 Å². The molecule has 4 nitrogen and oxygen atoms in total. The summed E-state index contributed by atoms with van der Waals surface area (Å²) in [5.41, 5.74) is 1.28. The van der Waals surface area contributed by atoms with Crippen LogP contribution in [0.5, 0.6) is 0 Å². The molecule has 16 heavy (non-hydrogen) atoms. The van der Waals surface area contributed by atoms with E-state index in [1.165, 1.54) is 5.56 Å². The van der Waals surface area contributed by atoms with E-state index in [2.05, 4.69) is 10.3 Å². The smallest absolute Gasteiger partial charge is 0.0970 e. The Morgan fingerprint density at radius 2 is 2.19 bits per heavy atom. The SMILES string of the molecule is OC1CNCC1OCCCc1ccncc1. The number of aryl methyl sites for hydroxylation is 1. The van der Waals surface area contributed by atoms with E-state index < -0.39 is 0 Å². The summed E-state index contributed by atoms with van der Waals surface area (Å²) in [7, 11) is 0. The standard InChI is InChI=1S/C12H18N2O2/c15-11-8-14-9-12(11)16-7-1-2-10-3-5-13-6-4-10/h3-6,11-12,14-15H,1-2,7-9H2. The highest BCUT2D eigenvalue weighted by Gasteiger charge is 2.24. The Morgan fingerprint density at radius 1 is 1.38 bits per heavy atom. The summed E-state index contributed by atoms with van der Waals surface area (Å²) in [4.78, 5) is 3.97. The van der Waals surface area contributed by atoms with Crippen molar-refractivity contribution in [1.82, 2.24) is 10.3 Å². The molecule has 2 rings (SSSR count). The van der Waals surface area contributed by atoms with Crippen molar-refractivity contribution >= 4 is 0 Å². The topological polar surface area (TPSA) is 54.4 Å². The van der Waals surface area contributed by atoms with Gasteiger partial charge in [0.2, 0.25) is 0 Å². The molecule has 2 atom stereocenters. The fourth-order valence-corrected chi connectivity index (χ4v) is 1.87. The summed E-state index contributed by atoms with van der Waals surface area (Å²) in [5.74, 6) is 0. The Labute approximate surface area is 95.7 Å². The fourth-order valence-electron chi connectivity index (χ4n) is 1.87. The highest BCUT2D eigenvalue weighted by molar-refractivity contribution is 5.09. The van der Waals surface area contributed by atoms with Crippen LogP contribution in [0, 0.1) is 0 Å². The van der Waals surface area contributed by atoms with Crippen LogP contribution in [0.25, 0.3) is 0 Å². The van der Waals surface area contributed by atoms with Gasteiger partial charge < -0.3 is 15.2 Å². The Morgan fingerprint density at radius 3 is 2.88 bits per heavy atom. The van der Waals surface area contributed by atoms with E-state index in [0.717, 1.165) is 19.4 Å². The maximum atomic E-state index is 9.51. The predicted molar refractivity (Wildman–Crippen MR) is 61.2 cm³/mol. The van der Waals surface area contributed by atoms with Gasteiger partial charge in [0, 0.05) is 32.1 Å². The van der Waals surface area contributed by atoms with Crippen molar-refractivity contribution in [2.75, 3.05) is 19.7 Å². The predicted octanol–water partition coefficient (Wildman–Crippen LogP) is 0.363. The first kappa shape index (κ1) is 11.5. The zero-order chi connectivity index (χ0) is 11.2. The fraction of sp³-hybridized carbons (Fsp3) is 0.583. The van der Waals surface area contributed by atoms with Crippen molar-refractivity contribution < 1.29 is 9.84 Å². The number of rotatable bonds is 5. The molecule has 4 heteroatoms. The second-order valence-corrected chi connectivity index (χ2v) is 4.09. The number of nitrogens with zero attached hydrogens (tertiary/aromatic N) is 1. The van der Waals surface area contributed by atoms with Gasteiger partial charge in [-0.2, -0.15) is 0 Å². The van der Waals surface area contributed by atoms with Crippen LogP contribution in [0.4, 0.5) is 0 Å². The zero-order valence-corrected chi connectivity index (χ0v) is 9.30. The molecular formula is C12H18N2O2. The van der Waals surface area contributed by atoms with E-state index in [4.69, 9.17) is 4.74 Å². The first-order valence-corrected chi connectivity index (χ1v) is 5.75. The summed E-state index contributed by atoms with van der Waals surface area (Å²) in [6, 6.07) is 4.04. The highest BCUT2D eigenvalue weighted by atomic mass is 16.5. The van der Waals surface area contributed by atoms with Gasteiger partial charge in [-0.25, -0.2) is 0 Å². The van der Waals surface area contributed by atoms with Crippen molar-refractivity contribution in [1.29, 1.82) is 0 Å². The Balaban J connectivity index is 1.62. The lowest BCUT2D eigenvalue weighted by Gasteiger charge is -2.14. The normalized spacial score (nSPS) is 24.8. The molecule has 0 aromatic carbocycles. The molecule has 2 N–H and O–H groups in total. The Hall–Kier alpha value is -0.970. The minimum Gasteiger partial charge on any atom is -0.389 e. The third-order valence-corrected chi connectivity index (χ3v) is 2.82. The molecule has 1 saturated heterocycles. The van der Waals surface area contributed by atoms with Gasteiger partial charge in [-0.3, -0.25) is 4.98 Å². The molecule has 0 bridgehead atoms. The molecule has 0 aliphatic carbocycles. The molecule has 0 amide bonds. The number of hydrogen-bond acceptors (Lipinski definition) is 4. The Bertz CT molecular complexity index is 305. The number of pyridine rings is 1. The van der Waals surface area contributed by atoms with Crippen molar-refractivity contribution in [2.24, 2.45) is 0 Å². The van der Waals surface area contributed by atoms with Gasteiger partial charge in [-0.05, 0) is 30.5 Å². The molecule has 1 aliphatic rings. The van der Waals surface area contributed by atoms with E-state index >= 15 is 0 Å². The minimum absolute atomic E-state index is 0.0301. The van der Waals surface area contributed by atoms with Gasteiger partial charge in [0.25, 0.3) is 0 Å². The molecular weight excluding hydrogens is 204 g/mol. The molecule has 0 spiro atoms. The second-order valence-electron chi connectivity index (χ2n) is 4.09. The lowest BCUT2D eigenvalue weighted by molar-refractivity contribution is -0.00858. The van der Waals surface area contributed by atoms with E-state index in [9.17, 15) is 5.11 Å². The largest absolute Gasteiger partial charge is 0.389 e. The van der Waals surface area contributed by atoms with Gasteiger partial charge in [-0.15, -0.1) is 0 Å². The van der Waals surface area contributed by atoms with Crippen molar-refractivity contribution in [2.45, 2.75) is 25.0 Å². The average molecular weight is 222 g/mol. The van der Waals surface area contributed by atoms with E-state index in [1.54, 1.807) is 12.4 Å². The van der Waals surface area contributed by atoms with E-state index in [-0.39, 0.29) is 12.2 Å². The van der Waals surface area contributed by atoms with Crippen molar-refractivity contribution in [3.8, 4) is 0 Å². The molecule has 88 valence electrons. The number of aliphatic hydroxyl groups is 1. The van der Waals surface area contributed by atoms with Gasteiger partial charge in [0.1, 0.15) is 0 Å². The lowest BCUT2D eigenvalue weighted by Crippen LogP contribution is -2.27. The maximum absolute atomic E-state index is 9.51. The summed E-state index contributed by atoms with van der Waals surface area (Å²) < 4.78 is 5.61. The average Bonchev–Trinajstić information content (AvgIpc) is 2.72. The molecule has 1 aromatic rings. The zero-order valence-electron chi connectivity index (χ0n) is 9.30. The molecule has 1 fully saturated rings. The number of β-amino-alcohol motifs (C(OH)–C–C–N with tert-alkyl or cyclic N) is 1. The lowest BCUT2D eigenvalue weighted by atomic mass is 10.1. The van der Waals surface area contributed by atoms with Crippen LogP contribution in [0.15, 0.2) is 24.5 Å². The summed E-state index contributed by atoms with van der Waals surface area (Å²) in [6.45, 7) is 2.11. The van der Waals surface area contributed by atoms with Crippen molar-refractivity contribution in [3.05, 3.63) is 30.1 Å². The second kappa shape index (κ2) is 5.94. The molecule has 2 heterocycles. The summed E-state index contributed by atoms with van der Waals surface area (Å²) in [5, 5.41) is 12.6. The highest BCUT2D eigenvalue weighted by Crippen LogP contribution is 2.06. The van der Waals surface area contributed by atoms with Crippen LogP contribution in [0.1, 0.15) is 12.0 Å². The molecule has 0 radical (unpaired) electrons. The van der Waals surface area contributed by atoms with Gasteiger partial charge >= 0.3 is 0 Å². The summed E-state index contributed by atoms with van der Waals surface area (Å²) in [6.07, 6.45) is 5.21. The number of ether oxygens (including phenoxy) is 1. The van der Waals surface area contributed by atoms with Gasteiger partial charge in [0.15, 0.2) is 0 Å². The molecule has 0 saturated carbocycles. The molecule has 2 unspecified atom stereocenters. The number of aromatic nitrogens is 1. The number of nitrogens with one attached hydrogen (secondary N) is 1. The molecule has 1 aromatic heterocycles. The monoisotopic (exact) mass is 222 g/mol. The number of hydrogen-bond donors (Lipinski definition) is 2. The third-order valence-electron chi connectivity index (χ3n) is 2.82. The van der Waals surface area contributed by atoms with Gasteiger partial charge in [-0.1, -0.05) is 0 Å².